The van der Waals surface area contributed by atoms with Gasteiger partial charge in [0.05, 0.1) is 6.04 Å². The molecule has 9 nitrogen and oxygen atoms in total. The van der Waals surface area contributed by atoms with Crippen LogP contribution in [0.25, 0.3) is 0 Å². The fourth-order valence-electron chi connectivity index (χ4n) is 1.53. The van der Waals surface area contributed by atoms with Crippen molar-refractivity contribution in [2.45, 2.75) is 45.4 Å². The quantitative estimate of drug-likeness (QED) is 0.499. The van der Waals surface area contributed by atoms with Gasteiger partial charge in [0.25, 0.3) is 5.91 Å². The Morgan fingerprint density at radius 2 is 2.00 bits per heavy atom. The zero-order valence-electron chi connectivity index (χ0n) is 11.7. The van der Waals surface area contributed by atoms with Crippen LogP contribution in [0.4, 0.5) is 4.79 Å². The number of ether oxygens (including phenoxy) is 1. The summed E-state index contributed by atoms with van der Waals surface area (Å²) in [6, 6.07) is -1.37. The Hall–Kier alpha value is -1.15. The first-order chi connectivity index (χ1) is 8.91. The first-order valence-electron chi connectivity index (χ1n) is 5.91. The van der Waals surface area contributed by atoms with Crippen LogP contribution >= 0.6 is 7.60 Å². The summed E-state index contributed by atoms with van der Waals surface area (Å²) >= 11 is 0. The van der Waals surface area contributed by atoms with E-state index in [1.54, 1.807) is 27.7 Å². The van der Waals surface area contributed by atoms with Crippen molar-refractivity contribution in [3.05, 3.63) is 0 Å². The van der Waals surface area contributed by atoms with Crippen LogP contribution in [0, 0.1) is 0 Å². The van der Waals surface area contributed by atoms with E-state index in [1.165, 1.54) is 0 Å². The molecule has 0 aromatic rings. The van der Waals surface area contributed by atoms with E-state index >= 15 is 0 Å². The average molecular weight is 310 g/mol. The highest BCUT2D eigenvalue weighted by molar-refractivity contribution is 7.51. The lowest BCUT2D eigenvalue weighted by atomic mass is 10.0. The Balaban J connectivity index is 2.47. The number of carbonyl (C=O) groups is 2. The van der Waals surface area contributed by atoms with Gasteiger partial charge >= 0.3 is 13.7 Å². The summed E-state index contributed by atoms with van der Waals surface area (Å²) in [4.78, 5) is 45.2. The third kappa shape index (κ3) is 4.75. The molecule has 1 saturated heterocycles. The van der Waals surface area contributed by atoms with E-state index in [2.05, 4.69) is 5.32 Å². The van der Waals surface area contributed by atoms with E-state index in [4.69, 9.17) is 19.4 Å². The molecule has 0 saturated carbocycles. The fraction of sp³-hybridized carbons (Fsp3) is 0.800. The molecule has 0 aromatic carbocycles. The molecule has 1 fully saturated rings. The Morgan fingerprint density at radius 1 is 1.45 bits per heavy atom. The van der Waals surface area contributed by atoms with Crippen molar-refractivity contribution < 1.29 is 33.5 Å². The van der Waals surface area contributed by atoms with E-state index < -0.39 is 43.6 Å². The zero-order chi connectivity index (χ0) is 15.7. The predicted molar refractivity (Wildman–Crippen MR) is 67.5 cm³/mol. The van der Waals surface area contributed by atoms with Crippen molar-refractivity contribution >= 4 is 19.6 Å². The Labute approximate surface area is 116 Å². The number of alkyl carbamates (subject to hydrolysis) is 1. The third-order valence-corrected chi connectivity index (χ3v) is 2.82. The molecule has 2 amide bonds. The second-order valence-corrected chi connectivity index (χ2v) is 7.04. The number of hydrogen-bond acceptors (Lipinski definition) is 5. The minimum absolute atomic E-state index is 0.540. The average Bonchev–Trinajstić information content (AvgIpc) is 2.22. The van der Waals surface area contributed by atoms with Gasteiger partial charge in [0.1, 0.15) is 11.6 Å². The van der Waals surface area contributed by atoms with Crippen molar-refractivity contribution in [1.29, 1.82) is 0 Å². The number of nitrogens with one attached hydrogen (secondary N) is 1. The third-order valence-electron chi connectivity index (χ3n) is 2.37. The lowest BCUT2D eigenvalue weighted by Crippen LogP contribution is -2.69. The molecule has 10 heteroatoms. The standard InChI is InChI=1S/C10H19N2O7P/c1-6-7(11-9(14)19-10(2,3)4)8(13)12(6)18-5-20(15,16)17/h6-7H,5H2,1-4H3,(H,11,14)(H2,15,16,17). The summed E-state index contributed by atoms with van der Waals surface area (Å²) in [5.41, 5.74) is -0.684. The minimum atomic E-state index is -4.36. The summed E-state index contributed by atoms with van der Waals surface area (Å²) in [5.74, 6) is -0.586. The molecule has 3 N–H and O–H groups in total. The Morgan fingerprint density at radius 3 is 2.40 bits per heavy atom. The number of carbonyl (C=O) groups excluding carboxylic acids is 2. The molecular formula is C10H19N2O7P. The normalized spacial score (nSPS) is 23.3. The Bertz CT molecular complexity index is 441. The van der Waals surface area contributed by atoms with E-state index in [9.17, 15) is 14.2 Å². The lowest BCUT2D eigenvalue weighted by Gasteiger charge is -2.43. The van der Waals surface area contributed by atoms with E-state index in [0.29, 0.717) is 0 Å². The number of amides is 2. The molecular weight excluding hydrogens is 291 g/mol. The van der Waals surface area contributed by atoms with Gasteiger partial charge in [0, 0.05) is 0 Å². The first-order valence-corrected chi connectivity index (χ1v) is 7.70. The summed E-state index contributed by atoms with van der Waals surface area (Å²) in [6.45, 7) is 6.64. The number of β-lactam (4-membered cyclic amide) rings is 1. The molecule has 0 spiro atoms. The van der Waals surface area contributed by atoms with Crippen LogP contribution in [0.2, 0.25) is 0 Å². The predicted octanol–water partition coefficient (Wildman–Crippen LogP) is 0.177. The second-order valence-electron chi connectivity index (χ2n) is 5.45. The van der Waals surface area contributed by atoms with Crippen LogP contribution in [0.3, 0.4) is 0 Å². The molecule has 20 heavy (non-hydrogen) atoms. The number of hydroxylamine groups is 2. The maximum absolute atomic E-state index is 11.7. The maximum Gasteiger partial charge on any atom is 0.408 e. The van der Waals surface area contributed by atoms with Gasteiger partial charge in [0.2, 0.25) is 0 Å². The molecule has 2 unspecified atom stereocenters. The van der Waals surface area contributed by atoms with Crippen molar-refractivity contribution in [2.75, 3.05) is 6.35 Å². The smallest absolute Gasteiger partial charge is 0.408 e. The van der Waals surface area contributed by atoms with Crippen molar-refractivity contribution in [1.82, 2.24) is 10.4 Å². The minimum Gasteiger partial charge on any atom is -0.444 e. The number of rotatable bonds is 4. The second kappa shape index (κ2) is 5.69. The van der Waals surface area contributed by atoms with Crippen LogP contribution < -0.4 is 5.32 Å². The van der Waals surface area contributed by atoms with E-state index in [1.807, 2.05) is 0 Å². The van der Waals surface area contributed by atoms with Gasteiger partial charge in [-0.15, -0.1) is 0 Å². The monoisotopic (exact) mass is 310 g/mol. The van der Waals surface area contributed by atoms with Gasteiger partial charge < -0.3 is 19.8 Å². The van der Waals surface area contributed by atoms with Crippen LogP contribution in [0.1, 0.15) is 27.7 Å². The summed E-state index contributed by atoms with van der Waals surface area (Å²) in [6.07, 6.45) is -1.63. The van der Waals surface area contributed by atoms with Crippen LogP contribution in [0.5, 0.6) is 0 Å². The summed E-state index contributed by atoms with van der Waals surface area (Å²) in [7, 11) is -4.36. The molecule has 116 valence electrons. The fourth-order valence-corrected chi connectivity index (χ4v) is 1.81. The molecule has 1 aliphatic heterocycles. The van der Waals surface area contributed by atoms with Gasteiger partial charge in [-0.25, -0.2) is 9.86 Å². The van der Waals surface area contributed by atoms with Crippen LogP contribution in [-0.2, 0) is 18.9 Å². The van der Waals surface area contributed by atoms with Gasteiger partial charge in [-0.2, -0.15) is 0 Å². The molecule has 1 aliphatic rings. The van der Waals surface area contributed by atoms with Gasteiger partial charge in [-0.3, -0.25) is 14.2 Å². The zero-order valence-corrected chi connectivity index (χ0v) is 12.6. The van der Waals surface area contributed by atoms with Gasteiger partial charge in [0.15, 0.2) is 6.35 Å². The highest BCUT2D eigenvalue weighted by atomic mass is 31.2. The van der Waals surface area contributed by atoms with Crippen LogP contribution in [0.15, 0.2) is 0 Å². The topological polar surface area (TPSA) is 125 Å². The first kappa shape index (κ1) is 16.9. The molecule has 0 bridgehead atoms. The number of nitrogens with zero attached hydrogens (tertiary/aromatic N) is 1. The van der Waals surface area contributed by atoms with Crippen molar-refractivity contribution in [3.63, 3.8) is 0 Å². The van der Waals surface area contributed by atoms with Crippen molar-refractivity contribution in [3.8, 4) is 0 Å². The maximum atomic E-state index is 11.7. The van der Waals surface area contributed by atoms with E-state index in [0.717, 1.165) is 5.06 Å². The van der Waals surface area contributed by atoms with E-state index in [-0.39, 0.29) is 0 Å². The number of hydrogen-bond donors (Lipinski definition) is 3. The van der Waals surface area contributed by atoms with Crippen LogP contribution in [-0.4, -0.2) is 50.9 Å². The highest BCUT2D eigenvalue weighted by Crippen LogP contribution is 2.35. The largest absolute Gasteiger partial charge is 0.444 e. The molecule has 0 radical (unpaired) electrons. The molecule has 0 aliphatic carbocycles. The Kier molecular flexibility index (Phi) is 4.81. The molecule has 2 atom stereocenters. The molecule has 0 aromatic heterocycles. The van der Waals surface area contributed by atoms with Gasteiger partial charge in [-0.05, 0) is 27.7 Å². The SMILES string of the molecule is CC1C(NC(=O)OC(C)(C)C)C(=O)N1OCP(=O)(O)O. The summed E-state index contributed by atoms with van der Waals surface area (Å²) < 4.78 is 15.7. The molecule has 1 heterocycles. The summed E-state index contributed by atoms with van der Waals surface area (Å²) in [5, 5.41) is 3.19. The van der Waals surface area contributed by atoms with Crippen molar-refractivity contribution in [2.24, 2.45) is 0 Å². The molecule has 1 rings (SSSR count). The lowest BCUT2D eigenvalue weighted by molar-refractivity contribution is -0.225. The van der Waals surface area contributed by atoms with Gasteiger partial charge in [-0.1, -0.05) is 0 Å². The highest BCUT2D eigenvalue weighted by Gasteiger charge is 2.47.